The van der Waals surface area contributed by atoms with Crippen molar-refractivity contribution >= 4 is 50.3 Å². The van der Waals surface area contributed by atoms with E-state index in [2.05, 4.69) is 10.3 Å². The fourth-order valence-corrected chi connectivity index (χ4v) is 6.12. The van der Waals surface area contributed by atoms with Crippen LogP contribution in [-0.4, -0.2) is 56.3 Å². The van der Waals surface area contributed by atoms with Crippen molar-refractivity contribution in [3.05, 3.63) is 71.3 Å². The molecule has 38 heavy (non-hydrogen) atoms. The van der Waals surface area contributed by atoms with Crippen molar-refractivity contribution in [2.24, 2.45) is 0 Å². The van der Waals surface area contributed by atoms with Crippen molar-refractivity contribution in [3.8, 4) is 17.2 Å². The molecule has 0 radical (unpaired) electrons. The maximum absolute atomic E-state index is 14.1. The van der Waals surface area contributed by atoms with E-state index in [0.717, 1.165) is 26.4 Å². The van der Waals surface area contributed by atoms with Gasteiger partial charge in [0.15, 0.2) is 16.6 Å². The van der Waals surface area contributed by atoms with Crippen LogP contribution in [0.3, 0.4) is 0 Å². The Morgan fingerprint density at radius 1 is 1.00 bits per heavy atom. The first-order chi connectivity index (χ1) is 18.4. The van der Waals surface area contributed by atoms with Crippen LogP contribution in [0.1, 0.15) is 33.4 Å². The van der Waals surface area contributed by atoms with E-state index in [1.165, 1.54) is 25.6 Å². The molecule has 0 unspecified atom stereocenters. The quantitative estimate of drug-likeness (QED) is 0.301. The fourth-order valence-electron chi connectivity index (χ4n) is 4.82. The number of nitrogens with one attached hydrogen (secondary N) is 1. The van der Waals surface area contributed by atoms with Gasteiger partial charge in [0.2, 0.25) is 5.91 Å². The topological polar surface area (TPSA) is 90.0 Å². The van der Waals surface area contributed by atoms with E-state index in [9.17, 15) is 9.59 Å². The maximum Gasteiger partial charge on any atom is 0.254 e. The molecule has 1 aliphatic rings. The Hall–Kier alpha value is -3.76. The number of amides is 2. The van der Waals surface area contributed by atoms with Crippen LogP contribution in [0.15, 0.2) is 59.5 Å². The average Bonchev–Trinajstić information content (AvgIpc) is 3.35. The van der Waals surface area contributed by atoms with Gasteiger partial charge in [-0.25, -0.2) is 4.98 Å². The number of rotatable bonds is 7. The Bertz CT molecular complexity index is 1520. The minimum Gasteiger partial charge on any atom is -0.497 e. The van der Waals surface area contributed by atoms with E-state index in [0.29, 0.717) is 27.8 Å². The van der Waals surface area contributed by atoms with Gasteiger partial charge in [0.1, 0.15) is 5.75 Å². The molecule has 1 aromatic heterocycles. The molecule has 196 valence electrons. The summed E-state index contributed by atoms with van der Waals surface area (Å²) in [5.74, 6) is 0.392. The van der Waals surface area contributed by atoms with E-state index < -0.39 is 12.0 Å². The number of hydrogen-bond donors (Lipinski definition) is 1. The van der Waals surface area contributed by atoms with Crippen LogP contribution in [-0.2, 0) is 4.79 Å². The number of thioether (sulfide) groups is 1. The van der Waals surface area contributed by atoms with Crippen molar-refractivity contribution in [1.82, 2.24) is 9.88 Å². The zero-order valence-corrected chi connectivity index (χ0v) is 23.2. The maximum atomic E-state index is 14.1. The van der Waals surface area contributed by atoms with Crippen molar-refractivity contribution in [2.45, 2.75) is 16.9 Å². The fraction of sp³-hybridized carbons (Fsp3) is 0.250. The van der Waals surface area contributed by atoms with Crippen LogP contribution in [0.4, 0.5) is 5.13 Å². The summed E-state index contributed by atoms with van der Waals surface area (Å²) in [4.78, 5) is 34.9. The lowest BCUT2D eigenvalue weighted by Gasteiger charge is -2.40. The largest absolute Gasteiger partial charge is 0.497 e. The predicted octanol–water partition coefficient (Wildman–Crippen LogP) is 5.59. The van der Waals surface area contributed by atoms with Crippen molar-refractivity contribution < 1.29 is 23.8 Å². The van der Waals surface area contributed by atoms with Crippen molar-refractivity contribution in [3.63, 3.8) is 0 Å². The Labute approximate surface area is 228 Å². The summed E-state index contributed by atoms with van der Waals surface area (Å²) >= 11 is 3.00. The Kier molecular flexibility index (Phi) is 7.18. The first-order valence-corrected chi connectivity index (χ1v) is 13.8. The lowest BCUT2D eigenvalue weighted by molar-refractivity contribution is -0.119. The Balaban J connectivity index is 1.62. The molecule has 3 aromatic carbocycles. The number of methoxy groups -OCH3 is 3. The third kappa shape index (κ3) is 4.54. The highest BCUT2D eigenvalue weighted by Crippen LogP contribution is 2.46. The van der Waals surface area contributed by atoms with Crippen LogP contribution in [0.2, 0.25) is 0 Å². The smallest absolute Gasteiger partial charge is 0.254 e. The van der Waals surface area contributed by atoms with E-state index in [1.54, 1.807) is 43.0 Å². The molecule has 0 saturated heterocycles. The molecule has 2 amide bonds. The van der Waals surface area contributed by atoms with Gasteiger partial charge in [-0.15, -0.1) is 11.8 Å². The zero-order chi connectivity index (χ0) is 27.0. The first-order valence-electron chi connectivity index (χ1n) is 11.8. The number of likely N-dealkylation sites (N-methyl/N-ethyl adjacent to an activating group) is 1. The standard InChI is InChI=1S/C28H27N3O5S2/c1-31-25(15-6-9-17(37-5)10-7-15)24(18-13-21(35-3)22(36-4)14-19(18)27(31)33)26(32)30-28-29-20-11-8-16(34-2)12-23(20)38-28/h6-14,24-25H,1-5H3,(H,29,30,32)/t24-,25-/m0/s1. The number of thiazole rings is 1. The number of carbonyl (C=O) groups excluding carboxylic acids is 2. The molecule has 10 heteroatoms. The van der Waals surface area contributed by atoms with Crippen LogP contribution in [0.25, 0.3) is 10.2 Å². The number of nitrogens with zero attached hydrogens (tertiary/aromatic N) is 2. The van der Waals surface area contributed by atoms with Crippen molar-refractivity contribution in [1.29, 1.82) is 0 Å². The molecule has 0 saturated carbocycles. The number of ether oxygens (including phenoxy) is 3. The number of hydrogen-bond acceptors (Lipinski definition) is 8. The summed E-state index contributed by atoms with van der Waals surface area (Å²) in [6.07, 6.45) is 2.00. The summed E-state index contributed by atoms with van der Waals surface area (Å²) in [5.41, 5.74) is 2.59. The predicted molar refractivity (Wildman–Crippen MR) is 150 cm³/mol. The monoisotopic (exact) mass is 549 g/mol. The van der Waals surface area contributed by atoms with Crippen LogP contribution in [0, 0.1) is 0 Å². The molecule has 4 aromatic rings. The van der Waals surface area contributed by atoms with Gasteiger partial charge in [0, 0.05) is 17.5 Å². The van der Waals surface area contributed by atoms with Gasteiger partial charge in [-0.1, -0.05) is 23.5 Å². The molecule has 0 spiro atoms. The minimum absolute atomic E-state index is 0.198. The average molecular weight is 550 g/mol. The molecule has 0 bridgehead atoms. The van der Waals surface area contributed by atoms with Crippen LogP contribution >= 0.6 is 23.1 Å². The molecule has 1 aliphatic heterocycles. The second kappa shape index (κ2) is 10.5. The molecule has 2 atom stereocenters. The molecule has 0 fully saturated rings. The number of aromatic nitrogens is 1. The minimum atomic E-state index is -0.728. The lowest BCUT2D eigenvalue weighted by Crippen LogP contribution is -2.44. The summed E-state index contributed by atoms with van der Waals surface area (Å²) in [7, 11) is 6.38. The zero-order valence-electron chi connectivity index (χ0n) is 21.6. The molecular formula is C28H27N3O5S2. The molecule has 0 aliphatic carbocycles. The highest BCUT2D eigenvalue weighted by molar-refractivity contribution is 7.98. The normalized spacial score (nSPS) is 16.8. The Morgan fingerprint density at radius 3 is 2.37 bits per heavy atom. The summed E-state index contributed by atoms with van der Waals surface area (Å²) < 4.78 is 17.2. The second-order valence-corrected chi connectivity index (χ2v) is 10.7. The molecule has 2 heterocycles. The van der Waals surface area contributed by atoms with Crippen LogP contribution in [0.5, 0.6) is 17.2 Å². The number of benzene rings is 3. The number of fused-ring (bicyclic) bond motifs is 2. The first kappa shape index (κ1) is 25.9. The molecule has 5 rings (SSSR count). The summed E-state index contributed by atoms with van der Waals surface area (Å²) in [6, 6.07) is 16.3. The molecular weight excluding hydrogens is 522 g/mol. The molecule has 1 N–H and O–H groups in total. The van der Waals surface area contributed by atoms with E-state index in [1.807, 2.05) is 48.7 Å². The summed E-state index contributed by atoms with van der Waals surface area (Å²) in [5, 5.41) is 3.49. The van der Waals surface area contributed by atoms with Gasteiger partial charge in [-0.05, 0) is 59.8 Å². The number of carbonyl (C=O) groups is 2. The highest BCUT2D eigenvalue weighted by atomic mass is 32.2. The third-order valence-corrected chi connectivity index (χ3v) is 8.42. The van der Waals surface area contributed by atoms with Gasteiger partial charge in [-0.3, -0.25) is 9.59 Å². The van der Waals surface area contributed by atoms with E-state index in [4.69, 9.17) is 14.2 Å². The van der Waals surface area contributed by atoms with Gasteiger partial charge >= 0.3 is 0 Å². The summed E-state index contributed by atoms with van der Waals surface area (Å²) in [6.45, 7) is 0. The van der Waals surface area contributed by atoms with E-state index in [-0.39, 0.29) is 11.8 Å². The van der Waals surface area contributed by atoms with Crippen molar-refractivity contribution in [2.75, 3.05) is 39.9 Å². The Morgan fingerprint density at radius 2 is 1.71 bits per heavy atom. The second-order valence-electron chi connectivity index (χ2n) is 8.75. The lowest BCUT2D eigenvalue weighted by atomic mass is 9.79. The van der Waals surface area contributed by atoms with Gasteiger partial charge in [0.25, 0.3) is 5.91 Å². The van der Waals surface area contributed by atoms with Crippen LogP contribution < -0.4 is 19.5 Å². The third-order valence-electron chi connectivity index (χ3n) is 6.74. The highest BCUT2D eigenvalue weighted by Gasteiger charge is 2.43. The number of anilines is 1. The SMILES string of the molecule is COc1ccc2nc(NC(=O)[C@H]3c4cc(OC)c(OC)cc4C(=O)N(C)[C@H]3c3ccc(SC)cc3)sc2c1. The van der Waals surface area contributed by atoms with Gasteiger partial charge < -0.3 is 24.4 Å². The van der Waals surface area contributed by atoms with Gasteiger partial charge in [0.05, 0.1) is 43.5 Å². The molecule has 8 nitrogen and oxygen atoms in total. The van der Waals surface area contributed by atoms with E-state index >= 15 is 0 Å². The van der Waals surface area contributed by atoms with Gasteiger partial charge in [-0.2, -0.15) is 0 Å².